The largest absolute Gasteiger partial charge is 0.497 e. The smallest absolute Gasteiger partial charge is 0.255 e. The number of benzene rings is 2. The molecule has 0 saturated heterocycles. The van der Waals surface area contributed by atoms with E-state index in [9.17, 15) is 13.2 Å². The number of nitrogens with zero attached hydrogens (tertiary/aromatic N) is 1. The molecule has 0 atom stereocenters. The Bertz CT molecular complexity index is 1150. The number of pyridine rings is 1. The molecule has 0 aliphatic carbocycles. The van der Waals surface area contributed by atoms with E-state index < -0.39 is 21.8 Å². The minimum atomic E-state index is -3.86. The molecule has 0 spiro atoms. The number of nitrogens with two attached hydrogens (primary N) is 1. The van der Waals surface area contributed by atoms with Crippen molar-refractivity contribution in [3.05, 3.63) is 59.1 Å². The molecule has 3 aromatic rings. The number of methoxy groups -OCH3 is 1. The zero-order valence-corrected chi connectivity index (χ0v) is 16.3. The molecule has 0 saturated carbocycles. The van der Waals surface area contributed by atoms with Gasteiger partial charge in [-0.3, -0.25) is 4.79 Å². The van der Waals surface area contributed by atoms with Crippen molar-refractivity contribution >= 4 is 49.9 Å². The minimum absolute atomic E-state index is 0.154. The van der Waals surface area contributed by atoms with Gasteiger partial charge < -0.3 is 15.4 Å². The van der Waals surface area contributed by atoms with Crippen LogP contribution in [0, 0.1) is 0 Å². The molecular formula is C18H17ClN4O4S. The Balaban J connectivity index is 2.06. The number of hydrogen-bond acceptors (Lipinski definition) is 6. The van der Waals surface area contributed by atoms with Crippen molar-refractivity contribution in [2.24, 2.45) is 5.14 Å². The average Bonchev–Trinajstić information content (AvgIpc) is 2.64. The lowest BCUT2D eigenvalue weighted by Crippen LogP contribution is -2.33. The molecular weight excluding hydrogens is 404 g/mol. The van der Waals surface area contributed by atoms with Crippen LogP contribution < -0.4 is 20.5 Å². The Kier molecular flexibility index (Phi) is 5.68. The summed E-state index contributed by atoms with van der Waals surface area (Å²) >= 11 is 6.01. The number of carbonyl (C=O) groups is 1. The van der Waals surface area contributed by atoms with Crippen molar-refractivity contribution in [2.45, 2.75) is 0 Å². The second-order valence-electron chi connectivity index (χ2n) is 5.89. The third kappa shape index (κ3) is 4.89. The first-order valence-electron chi connectivity index (χ1n) is 8.05. The SMILES string of the molecule is COc1ccc2cc(C(=O)NCS(N)(=O)=O)c(Nc3cccc(Cl)c3)nc2c1. The van der Waals surface area contributed by atoms with Crippen molar-refractivity contribution in [2.75, 3.05) is 18.3 Å². The fourth-order valence-electron chi connectivity index (χ4n) is 2.51. The highest BCUT2D eigenvalue weighted by Gasteiger charge is 2.17. The second-order valence-corrected chi connectivity index (χ2v) is 7.94. The molecule has 1 heterocycles. The molecule has 3 rings (SSSR count). The number of rotatable bonds is 6. The summed E-state index contributed by atoms with van der Waals surface area (Å²) in [7, 11) is -2.32. The number of sulfonamides is 1. The van der Waals surface area contributed by atoms with Crippen LogP contribution in [-0.4, -0.2) is 32.3 Å². The summed E-state index contributed by atoms with van der Waals surface area (Å²) in [6, 6.07) is 13.7. The highest BCUT2D eigenvalue weighted by atomic mass is 35.5. The summed E-state index contributed by atoms with van der Waals surface area (Å²) in [6.45, 7) is 0. The lowest BCUT2D eigenvalue weighted by Gasteiger charge is -2.13. The number of fused-ring (bicyclic) bond motifs is 1. The standard InChI is InChI=1S/C18H17ClN4O4S/c1-27-14-6-5-11-7-15(18(24)21-10-28(20,25)26)17(23-16(11)9-14)22-13-4-2-3-12(19)8-13/h2-9H,10H2,1H3,(H,21,24)(H,22,23)(H2,20,25,26). The Morgan fingerprint density at radius 3 is 2.68 bits per heavy atom. The molecule has 10 heteroatoms. The third-order valence-corrected chi connectivity index (χ3v) is 4.57. The van der Waals surface area contributed by atoms with Gasteiger partial charge in [-0.25, -0.2) is 18.5 Å². The first-order valence-corrected chi connectivity index (χ1v) is 10.1. The Morgan fingerprint density at radius 1 is 1.21 bits per heavy atom. The van der Waals surface area contributed by atoms with Crippen LogP contribution in [0.25, 0.3) is 10.9 Å². The number of nitrogens with one attached hydrogen (secondary N) is 2. The van der Waals surface area contributed by atoms with Crippen molar-refractivity contribution in [3.8, 4) is 5.75 Å². The van der Waals surface area contributed by atoms with E-state index in [4.69, 9.17) is 21.5 Å². The van der Waals surface area contributed by atoms with Crippen LogP contribution in [0.5, 0.6) is 5.75 Å². The first-order chi connectivity index (χ1) is 13.2. The van der Waals surface area contributed by atoms with Crippen LogP contribution in [0.1, 0.15) is 10.4 Å². The summed E-state index contributed by atoms with van der Waals surface area (Å²) in [5, 5.41) is 11.5. The molecule has 0 radical (unpaired) electrons. The molecule has 1 amide bonds. The molecule has 1 aromatic heterocycles. The third-order valence-electron chi connectivity index (χ3n) is 3.79. The molecule has 28 heavy (non-hydrogen) atoms. The molecule has 2 aromatic carbocycles. The van der Waals surface area contributed by atoms with Crippen molar-refractivity contribution in [1.29, 1.82) is 0 Å². The van der Waals surface area contributed by atoms with E-state index in [0.717, 1.165) is 0 Å². The van der Waals surface area contributed by atoms with Crippen molar-refractivity contribution < 1.29 is 17.9 Å². The summed E-state index contributed by atoms with van der Waals surface area (Å²) in [4.78, 5) is 17.1. The van der Waals surface area contributed by atoms with Gasteiger partial charge in [0.25, 0.3) is 5.91 Å². The predicted molar refractivity (Wildman–Crippen MR) is 108 cm³/mol. The number of ether oxygens (including phenoxy) is 1. The highest BCUT2D eigenvalue weighted by molar-refractivity contribution is 7.89. The fraction of sp³-hybridized carbons (Fsp3) is 0.111. The fourth-order valence-corrected chi connectivity index (χ4v) is 3.03. The molecule has 0 bridgehead atoms. The highest BCUT2D eigenvalue weighted by Crippen LogP contribution is 2.27. The van der Waals surface area contributed by atoms with Gasteiger partial charge in [-0.1, -0.05) is 17.7 Å². The predicted octanol–water partition coefficient (Wildman–Crippen LogP) is 2.62. The molecule has 4 N–H and O–H groups in total. The Labute approximate surface area is 166 Å². The zero-order chi connectivity index (χ0) is 20.3. The molecule has 0 fully saturated rings. The van der Waals surface area contributed by atoms with Crippen LogP contribution in [0.3, 0.4) is 0 Å². The maximum Gasteiger partial charge on any atom is 0.255 e. The van der Waals surface area contributed by atoms with Gasteiger partial charge in [0, 0.05) is 22.2 Å². The van der Waals surface area contributed by atoms with Gasteiger partial charge in [0.2, 0.25) is 10.0 Å². The van der Waals surface area contributed by atoms with Crippen LogP contribution >= 0.6 is 11.6 Å². The molecule has 146 valence electrons. The molecule has 0 unspecified atom stereocenters. The zero-order valence-electron chi connectivity index (χ0n) is 14.8. The monoisotopic (exact) mass is 420 g/mol. The summed E-state index contributed by atoms with van der Waals surface area (Å²) in [5.74, 6) is -0.484. The number of halogens is 1. The number of hydrogen-bond donors (Lipinski definition) is 3. The maximum atomic E-state index is 12.6. The summed E-state index contributed by atoms with van der Waals surface area (Å²) in [6.07, 6.45) is 0. The van der Waals surface area contributed by atoms with Crippen LogP contribution in [-0.2, 0) is 10.0 Å². The van der Waals surface area contributed by atoms with E-state index in [1.807, 2.05) is 0 Å². The van der Waals surface area contributed by atoms with Crippen molar-refractivity contribution in [3.63, 3.8) is 0 Å². The second kappa shape index (κ2) is 8.01. The van der Waals surface area contributed by atoms with E-state index in [-0.39, 0.29) is 11.4 Å². The van der Waals surface area contributed by atoms with Gasteiger partial charge in [0.05, 0.1) is 18.2 Å². The van der Waals surface area contributed by atoms with Crippen LogP contribution in [0.15, 0.2) is 48.5 Å². The minimum Gasteiger partial charge on any atom is -0.497 e. The number of anilines is 2. The molecule has 0 aliphatic rings. The summed E-state index contributed by atoms with van der Waals surface area (Å²) < 4.78 is 27.5. The summed E-state index contributed by atoms with van der Waals surface area (Å²) in [5.41, 5.74) is 1.36. The van der Waals surface area contributed by atoms with E-state index in [2.05, 4.69) is 15.6 Å². The van der Waals surface area contributed by atoms with Gasteiger partial charge in [-0.05, 0) is 36.4 Å². The van der Waals surface area contributed by atoms with E-state index in [1.54, 1.807) is 55.6 Å². The lowest BCUT2D eigenvalue weighted by molar-refractivity contribution is 0.0960. The Morgan fingerprint density at radius 2 is 2.00 bits per heavy atom. The Hall–Kier alpha value is -2.88. The van der Waals surface area contributed by atoms with Gasteiger partial charge in [-0.2, -0.15) is 0 Å². The van der Waals surface area contributed by atoms with E-state index in [1.165, 1.54) is 0 Å². The van der Waals surface area contributed by atoms with Crippen LogP contribution in [0.4, 0.5) is 11.5 Å². The van der Waals surface area contributed by atoms with Gasteiger partial charge in [-0.15, -0.1) is 0 Å². The topological polar surface area (TPSA) is 123 Å². The van der Waals surface area contributed by atoms with E-state index >= 15 is 0 Å². The van der Waals surface area contributed by atoms with Gasteiger partial charge in [0.15, 0.2) is 0 Å². The molecule has 8 nitrogen and oxygen atoms in total. The maximum absolute atomic E-state index is 12.6. The van der Waals surface area contributed by atoms with E-state index in [0.29, 0.717) is 27.4 Å². The average molecular weight is 421 g/mol. The molecule has 0 aliphatic heterocycles. The number of primary sulfonamides is 1. The van der Waals surface area contributed by atoms with Gasteiger partial charge in [0.1, 0.15) is 17.4 Å². The number of aromatic nitrogens is 1. The van der Waals surface area contributed by atoms with Gasteiger partial charge >= 0.3 is 0 Å². The quantitative estimate of drug-likeness (QED) is 0.563. The lowest BCUT2D eigenvalue weighted by atomic mass is 10.1. The first kappa shape index (κ1) is 19.9. The normalized spacial score (nSPS) is 11.2. The van der Waals surface area contributed by atoms with Crippen molar-refractivity contribution in [1.82, 2.24) is 10.3 Å². The number of amides is 1. The number of carbonyl (C=O) groups excluding carboxylic acids is 1. The van der Waals surface area contributed by atoms with Crippen LogP contribution in [0.2, 0.25) is 5.02 Å².